The van der Waals surface area contributed by atoms with Crippen LogP contribution in [-0.4, -0.2) is 24.0 Å². The molecule has 1 amide bonds. The van der Waals surface area contributed by atoms with Crippen molar-refractivity contribution in [2.45, 2.75) is 58.7 Å². The molecule has 1 aliphatic rings. The van der Waals surface area contributed by atoms with E-state index in [-0.39, 0.29) is 17.5 Å². The molecule has 1 aromatic carbocycles. The number of carbonyl (C=O) groups is 1. The predicted molar refractivity (Wildman–Crippen MR) is 87.3 cm³/mol. The molecule has 116 valence electrons. The summed E-state index contributed by atoms with van der Waals surface area (Å²) in [5.41, 5.74) is 9.22. The van der Waals surface area contributed by atoms with Crippen LogP contribution in [0.5, 0.6) is 0 Å². The third-order valence-corrected chi connectivity index (χ3v) is 3.93. The molecule has 1 aromatic rings. The van der Waals surface area contributed by atoms with Gasteiger partial charge >= 0.3 is 0 Å². The van der Waals surface area contributed by atoms with Crippen molar-refractivity contribution in [1.29, 1.82) is 0 Å². The Kier molecular flexibility index (Phi) is 4.57. The molecule has 0 aromatic heterocycles. The standard InChI is InChI=1S/C17H27N3O/c1-12-7-8-14(13(10-12)11-19-17(2,3)4)20-9-5-6-15(20)16(18)21/h7-8,10,15,19H,5-6,9,11H2,1-4H3,(H2,18,21). The van der Waals surface area contributed by atoms with E-state index in [9.17, 15) is 4.79 Å². The van der Waals surface area contributed by atoms with Crippen molar-refractivity contribution in [1.82, 2.24) is 5.32 Å². The van der Waals surface area contributed by atoms with E-state index in [1.807, 2.05) is 0 Å². The first-order valence-corrected chi connectivity index (χ1v) is 7.68. The molecule has 4 nitrogen and oxygen atoms in total. The van der Waals surface area contributed by atoms with E-state index < -0.39 is 0 Å². The Bertz CT molecular complexity index is 519. The molecule has 1 aliphatic heterocycles. The number of anilines is 1. The summed E-state index contributed by atoms with van der Waals surface area (Å²) in [5, 5.41) is 3.53. The summed E-state index contributed by atoms with van der Waals surface area (Å²) >= 11 is 0. The molecule has 0 bridgehead atoms. The second kappa shape index (κ2) is 6.06. The highest BCUT2D eigenvalue weighted by Gasteiger charge is 2.30. The molecule has 3 N–H and O–H groups in total. The summed E-state index contributed by atoms with van der Waals surface area (Å²) in [6, 6.07) is 6.26. The first-order chi connectivity index (χ1) is 9.78. The van der Waals surface area contributed by atoms with Crippen molar-refractivity contribution in [3.63, 3.8) is 0 Å². The van der Waals surface area contributed by atoms with Gasteiger partial charge in [0.25, 0.3) is 0 Å². The van der Waals surface area contributed by atoms with E-state index >= 15 is 0 Å². The number of primary amides is 1. The molecular formula is C17H27N3O. The van der Waals surface area contributed by atoms with Crippen molar-refractivity contribution >= 4 is 11.6 Å². The average molecular weight is 289 g/mol. The Balaban J connectivity index is 2.28. The fourth-order valence-corrected chi connectivity index (χ4v) is 2.85. The quantitative estimate of drug-likeness (QED) is 0.894. The van der Waals surface area contributed by atoms with Crippen molar-refractivity contribution in [2.24, 2.45) is 5.73 Å². The molecule has 1 atom stereocenters. The molecule has 0 radical (unpaired) electrons. The number of benzene rings is 1. The molecule has 0 saturated carbocycles. The van der Waals surface area contributed by atoms with E-state index in [0.717, 1.165) is 31.6 Å². The molecule has 0 aliphatic carbocycles. The smallest absolute Gasteiger partial charge is 0.240 e. The molecule has 1 saturated heterocycles. The van der Waals surface area contributed by atoms with Gasteiger partial charge in [-0.15, -0.1) is 0 Å². The number of hydrogen-bond acceptors (Lipinski definition) is 3. The number of nitrogens with two attached hydrogens (primary N) is 1. The number of rotatable bonds is 4. The summed E-state index contributed by atoms with van der Waals surface area (Å²) in [6.45, 7) is 10.3. The SMILES string of the molecule is Cc1ccc(N2CCCC2C(N)=O)c(CNC(C)(C)C)c1. The number of aryl methyl sites for hydroxylation is 1. The van der Waals surface area contributed by atoms with Crippen LogP contribution in [0.25, 0.3) is 0 Å². The van der Waals surface area contributed by atoms with Gasteiger partial charge in [0, 0.05) is 24.3 Å². The third kappa shape index (κ3) is 3.97. The minimum Gasteiger partial charge on any atom is -0.368 e. The minimum atomic E-state index is -0.220. The van der Waals surface area contributed by atoms with Crippen molar-refractivity contribution < 1.29 is 4.79 Å². The van der Waals surface area contributed by atoms with Crippen molar-refractivity contribution in [3.05, 3.63) is 29.3 Å². The second-order valence-corrected chi connectivity index (χ2v) is 6.99. The normalized spacial score (nSPS) is 19.0. The number of carbonyl (C=O) groups excluding carboxylic acids is 1. The lowest BCUT2D eigenvalue weighted by molar-refractivity contribution is -0.119. The zero-order valence-electron chi connectivity index (χ0n) is 13.6. The molecular weight excluding hydrogens is 262 g/mol. The van der Waals surface area contributed by atoms with Crippen LogP contribution < -0.4 is 16.0 Å². The third-order valence-electron chi connectivity index (χ3n) is 3.93. The monoisotopic (exact) mass is 289 g/mol. The number of amides is 1. The molecule has 4 heteroatoms. The maximum atomic E-state index is 11.6. The van der Waals surface area contributed by atoms with Crippen LogP contribution >= 0.6 is 0 Å². The Labute approximate surface area is 127 Å². The molecule has 1 heterocycles. The summed E-state index contributed by atoms with van der Waals surface area (Å²) in [4.78, 5) is 13.8. The van der Waals surface area contributed by atoms with Gasteiger partial charge in [0.05, 0.1) is 0 Å². The van der Waals surface area contributed by atoms with Crippen molar-refractivity contribution in [3.8, 4) is 0 Å². The van der Waals surface area contributed by atoms with Gasteiger partial charge < -0.3 is 16.0 Å². The maximum absolute atomic E-state index is 11.6. The van der Waals surface area contributed by atoms with Gasteiger partial charge in [-0.25, -0.2) is 0 Å². The zero-order valence-corrected chi connectivity index (χ0v) is 13.6. The van der Waals surface area contributed by atoms with Crippen LogP contribution in [-0.2, 0) is 11.3 Å². The fraction of sp³-hybridized carbons (Fsp3) is 0.588. The van der Waals surface area contributed by atoms with Crippen LogP contribution in [0.3, 0.4) is 0 Å². The van der Waals surface area contributed by atoms with Gasteiger partial charge in [-0.3, -0.25) is 4.79 Å². The number of nitrogens with zero attached hydrogens (tertiary/aromatic N) is 1. The van der Waals surface area contributed by atoms with Gasteiger partial charge in [-0.2, -0.15) is 0 Å². The Morgan fingerprint density at radius 1 is 1.43 bits per heavy atom. The summed E-state index contributed by atoms with van der Waals surface area (Å²) in [6.07, 6.45) is 1.88. The van der Waals surface area contributed by atoms with Crippen LogP contribution in [0.4, 0.5) is 5.69 Å². The Morgan fingerprint density at radius 3 is 2.76 bits per heavy atom. The zero-order chi connectivity index (χ0) is 15.6. The lowest BCUT2D eigenvalue weighted by Gasteiger charge is -2.29. The first-order valence-electron chi connectivity index (χ1n) is 7.68. The fourth-order valence-electron chi connectivity index (χ4n) is 2.85. The molecule has 0 spiro atoms. The van der Waals surface area contributed by atoms with E-state index in [1.54, 1.807) is 0 Å². The molecule has 1 unspecified atom stereocenters. The van der Waals surface area contributed by atoms with Gasteiger partial charge in [-0.05, 0) is 52.2 Å². The summed E-state index contributed by atoms with van der Waals surface area (Å²) in [5.74, 6) is -0.220. The van der Waals surface area contributed by atoms with Gasteiger partial charge in [0.2, 0.25) is 5.91 Å². The number of nitrogens with one attached hydrogen (secondary N) is 1. The van der Waals surface area contributed by atoms with E-state index in [1.165, 1.54) is 11.1 Å². The van der Waals surface area contributed by atoms with Gasteiger partial charge in [-0.1, -0.05) is 17.7 Å². The van der Waals surface area contributed by atoms with E-state index in [0.29, 0.717) is 0 Å². The number of hydrogen-bond donors (Lipinski definition) is 2. The summed E-state index contributed by atoms with van der Waals surface area (Å²) in [7, 11) is 0. The highest BCUT2D eigenvalue weighted by Crippen LogP contribution is 2.29. The van der Waals surface area contributed by atoms with Crippen LogP contribution in [0.1, 0.15) is 44.7 Å². The molecule has 2 rings (SSSR count). The Morgan fingerprint density at radius 2 is 2.14 bits per heavy atom. The average Bonchev–Trinajstić information content (AvgIpc) is 2.84. The minimum absolute atomic E-state index is 0.0646. The Hall–Kier alpha value is -1.55. The largest absolute Gasteiger partial charge is 0.368 e. The van der Waals surface area contributed by atoms with Crippen LogP contribution in [0.2, 0.25) is 0 Å². The first kappa shape index (κ1) is 15.8. The maximum Gasteiger partial charge on any atom is 0.240 e. The molecule has 21 heavy (non-hydrogen) atoms. The van der Waals surface area contributed by atoms with Crippen LogP contribution in [0, 0.1) is 6.92 Å². The highest BCUT2D eigenvalue weighted by molar-refractivity contribution is 5.84. The lowest BCUT2D eigenvalue weighted by atomic mass is 10.0. The van der Waals surface area contributed by atoms with Crippen LogP contribution in [0.15, 0.2) is 18.2 Å². The van der Waals surface area contributed by atoms with E-state index in [4.69, 9.17) is 5.73 Å². The predicted octanol–water partition coefficient (Wildman–Crippen LogP) is 2.34. The summed E-state index contributed by atoms with van der Waals surface area (Å²) < 4.78 is 0. The molecule has 1 fully saturated rings. The second-order valence-electron chi connectivity index (χ2n) is 6.99. The van der Waals surface area contributed by atoms with Crippen molar-refractivity contribution in [2.75, 3.05) is 11.4 Å². The topological polar surface area (TPSA) is 58.4 Å². The lowest BCUT2D eigenvalue weighted by Crippen LogP contribution is -2.41. The van der Waals surface area contributed by atoms with Gasteiger partial charge in [0.1, 0.15) is 6.04 Å². The van der Waals surface area contributed by atoms with E-state index in [2.05, 4.69) is 56.1 Å². The van der Waals surface area contributed by atoms with Gasteiger partial charge in [0.15, 0.2) is 0 Å². The highest BCUT2D eigenvalue weighted by atomic mass is 16.1.